The van der Waals surface area contributed by atoms with Gasteiger partial charge in [-0.25, -0.2) is 0 Å². The lowest BCUT2D eigenvalue weighted by molar-refractivity contribution is -0.143. The van der Waals surface area contributed by atoms with E-state index in [4.69, 9.17) is 0 Å². The van der Waals surface area contributed by atoms with Gasteiger partial charge in [-0.05, 0) is 176 Å². The van der Waals surface area contributed by atoms with Crippen molar-refractivity contribution in [3.8, 4) is 0 Å². The van der Waals surface area contributed by atoms with E-state index < -0.39 is 5.97 Å². The molecule has 0 unspecified atom stereocenters. The van der Waals surface area contributed by atoms with Crippen molar-refractivity contribution >= 4 is 12.3 Å². The fourth-order valence-corrected chi connectivity index (χ4v) is 9.85. The van der Waals surface area contributed by atoms with Crippen LogP contribution in [0.15, 0.2) is 0 Å². The van der Waals surface area contributed by atoms with E-state index in [2.05, 4.69) is 0 Å². The van der Waals surface area contributed by atoms with Crippen LogP contribution >= 0.6 is 0 Å². The van der Waals surface area contributed by atoms with Crippen molar-refractivity contribution < 1.29 is 14.7 Å². The fourth-order valence-electron chi connectivity index (χ4n) is 9.85. The molecule has 0 heterocycles. The molecule has 35 heavy (non-hydrogen) atoms. The summed E-state index contributed by atoms with van der Waals surface area (Å²) < 4.78 is 0. The molecule has 0 aromatic carbocycles. The molecule has 5 rings (SSSR count). The summed E-state index contributed by atoms with van der Waals surface area (Å²) in [5.74, 6) is 7.35. The maximum Gasteiger partial charge on any atom is 0.306 e. The van der Waals surface area contributed by atoms with E-state index in [-0.39, 0.29) is 5.92 Å². The van der Waals surface area contributed by atoms with Crippen molar-refractivity contribution in [1.29, 1.82) is 0 Å². The molecule has 0 radical (unpaired) electrons. The van der Waals surface area contributed by atoms with Gasteiger partial charge in [-0.2, -0.15) is 0 Å². The van der Waals surface area contributed by atoms with Crippen LogP contribution < -0.4 is 0 Å². The van der Waals surface area contributed by atoms with Crippen LogP contribution in [0.3, 0.4) is 0 Å². The molecule has 0 atom stereocenters. The van der Waals surface area contributed by atoms with Crippen LogP contribution in [0.5, 0.6) is 0 Å². The summed E-state index contributed by atoms with van der Waals surface area (Å²) >= 11 is 0. The Kier molecular flexibility index (Phi) is 8.93. The molecular weight excluding hydrogens is 432 g/mol. The summed E-state index contributed by atoms with van der Waals surface area (Å²) in [6.45, 7) is 0. The Bertz CT molecular complexity index is 663. The number of aldehydes is 1. The smallest absolute Gasteiger partial charge is 0.306 e. The zero-order chi connectivity index (χ0) is 24.2. The van der Waals surface area contributed by atoms with Gasteiger partial charge in [-0.15, -0.1) is 0 Å². The standard InChI is InChI=1S/C32H52O3/c33-21-22-1-3-23(4-2-22)24-5-7-25(8-6-24)26-9-11-27(12-10-26)28-13-15-29(16-14-28)30-17-19-31(20-18-30)32(34)35/h21-31H,1-20H2,(H,34,35). The SMILES string of the molecule is O=CC1CCC(C2CCC(C3CCC(C4CCC(C5CCC(C(=O)O)CC5)CC4)CC3)CC2)CC1. The van der Waals surface area contributed by atoms with Crippen LogP contribution in [0.25, 0.3) is 0 Å². The molecule has 0 aromatic rings. The van der Waals surface area contributed by atoms with Crippen LogP contribution in [-0.2, 0) is 9.59 Å². The van der Waals surface area contributed by atoms with Gasteiger partial charge in [-0.1, -0.05) is 0 Å². The molecule has 3 nitrogen and oxygen atoms in total. The van der Waals surface area contributed by atoms with Gasteiger partial charge in [-0.3, -0.25) is 4.79 Å². The highest BCUT2D eigenvalue weighted by Gasteiger charge is 2.38. The number of rotatable bonds is 6. The van der Waals surface area contributed by atoms with Gasteiger partial charge in [0.2, 0.25) is 0 Å². The van der Waals surface area contributed by atoms with Crippen LogP contribution in [0, 0.1) is 59.2 Å². The summed E-state index contributed by atoms with van der Waals surface area (Å²) in [4.78, 5) is 22.3. The van der Waals surface area contributed by atoms with Gasteiger partial charge in [0.05, 0.1) is 5.92 Å². The van der Waals surface area contributed by atoms with E-state index in [0.29, 0.717) is 5.92 Å². The number of aliphatic carboxylic acids is 1. The van der Waals surface area contributed by atoms with Gasteiger partial charge in [0, 0.05) is 5.92 Å². The average Bonchev–Trinajstić information content (AvgIpc) is 2.93. The summed E-state index contributed by atoms with van der Waals surface area (Å²) in [6, 6.07) is 0. The zero-order valence-corrected chi connectivity index (χ0v) is 22.3. The summed E-state index contributed by atoms with van der Waals surface area (Å²) in [5.41, 5.74) is 0. The van der Waals surface area contributed by atoms with Crippen LogP contribution in [0.1, 0.15) is 128 Å². The van der Waals surface area contributed by atoms with Gasteiger partial charge >= 0.3 is 5.97 Å². The molecule has 5 saturated carbocycles. The number of carboxylic acids is 1. The maximum atomic E-state index is 11.3. The van der Waals surface area contributed by atoms with Gasteiger partial charge < -0.3 is 9.90 Å². The molecule has 0 amide bonds. The first-order valence-corrected chi connectivity index (χ1v) is 15.8. The Labute approximate surface area is 214 Å². The highest BCUT2D eigenvalue weighted by molar-refractivity contribution is 5.70. The molecule has 0 saturated heterocycles. The van der Waals surface area contributed by atoms with E-state index in [1.54, 1.807) is 0 Å². The van der Waals surface area contributed by atoms with Crippen molar-refractivity contribution in [3.63, 3.8) is 0 Å². The van der Waals surface area contributed by atoms with E-state index in [1.165, 1.54) is 109 Å². The van der Waals surface area contributed by atoms with Crippen LogP contribution in [0.4, 0.5) is 0 Å². The summed E-state index contributed by atoms with van der Waals surface area (Å²) in [7, 11) is 0. The molecular formula is C32H52O3. The molecule has 0 aromatic heterocycles. The van der Waals surface area contributed by atoms with Crippen LogP contribution in [-0.4, -0.2) is 17.4 Å². The first-order chi connectivity index (χ1) is 17.1. The lowest BCUT2D eigenvalue weighted by Crippen LogP contribution is -2.32. The first-order valence-electron chi connectivity index (χ1n) is 15.8. The first kappa shape index (κ1) is 25.8. The Morgan fingerprint density at radius 3 is 0.886 bits per heavy atom. The highest BCUT2D eigenvalue weighted by atomic mass is 16.4. The van der Waals surface area contributed by atoms with Gasteiger partial charge in [0.15, 0.2) is 0 Å². The molecule has 0 spiro atoms. The molecule has 0 bridgehead atoms. The minimum atomic E-state index is -0.561. The Morgan fingerprint density at radius 2 is 0.657 bits per heavy atom. The van der Waals surface area contributed by atoms with Crippen molar-refractivity contribution in [2.45, 2.75) is 128 Å². The number of carbonyl (C=O) groups excluding carboxylic acids is 1. The minimum absolute atomic E-state index is 0.0590. The van der Waals surface area contributed by atoms with Crippen molar-refractivity contribution in [3.05, 3.63) is 0 Å². The Balaban J connectivity index is 0.985. The monoisotopic (exact) mass is 484 g/mol. The van der Waals surface area contributed by atoms with E-state index in [0.717, 1.165) is 73.0 Å². The topological polar surface area (TPSA) is 54.4 Å². The summed E-state index contributed by atoms with van der Waals surface area (Å²) in [5, 5.41) is 9.29. The fraction of sp³-hybridized carbons (Fsp3) is 0.938. The number of hydrogen-bond acceptors (Lipinski definition) is 2. The lowest BCUT2D eigenvalue weighted by Gasteiger charge is -2.43. The predicted molar refractivity (Wildman–Crippen MR) is 141 cm³/mol. The van der Waals surface area contributed by atoms with E-state index in [1.807, 2.05) is 0 Å². The molecule has 5 fully saturated rings. The Hall–Kier alpha value is -0.860. The maximum absolute atomic E-state index is 11.3. The predicted octanol–water partition coefficient (Wildman–Crippen LogP) is 8.30. The van der Waals surface area contributed by atoms with Crippen molar-refractivity contribution in [2.75, 3.05) is 0 Å². The number of carbonyl (C=O) groups is 2. The van der Waals surface area contributed by atoms with Gasteiger partial charge in [0.25, 0.3) is 0 Å². The molecule has 0 aliphatic heterocycles. The van der Waals surface area contributed by atoms with E-state index in [9.17, 15) is 14.7 Å². The lowest BCUT2D eigenvalue weighted by atomic mass is 9.62. The molecule has 5 aliphatic rings. The summed E-state index contributed by atoms with van der Waals surface area (Å²) in [6.07, 6.45) is 28.0. The van der Waals surface area contributed by atoms with Crippen molar-refractivity contribution in [2.24, 2.45) is 59.2 Å². The minimum Gasteiger partial charge on any atom is -0.481 e. The second-order valence-electron chi connectivity index (χ2n) is 13.8. The second kappa shape index (κ2) is 12.1. The normalized spacial score (nSPS) is 45.5. The molecule has 198 valence electrons. The number of hydrogen-bond donors (Lipinski definition) is 1. The third kappa shape index (κ3) is 6.35. The third-order valence-electron chi connectivity index (χ3n) is 12.2. The largest absolute Gasteiger partial charge is 0.481 e. The highest BCUT2D eigenvalue weighted by Crippen LogP contribution is 2.49. The van der Waals surface area contributed by atoms with Crippen LogP contribution in [0.2, 0.25) is 0 Å². The Morgan fingerprint density at radius 1 is 0.429 bits per heavy atom. The number of carboxylic acid groups (broad SMARTS) is 1. The van der Waals surface area contributed by atoms with E-state index >= 15 is 0 Å². The third-order valence-corrected chi connectivity index (χ3v) is 12.2. The van der Waals surface area contributed by atoms with Gasteiger partial charge in [0.1, 0.15) is 6.29 Å². The van der Waals surface area contributed by atoms with Crippen molar-refractivity contribution in [1.82, 2.24) is 0 Å². The average molecular weight is 485 g/mol. The molecule has 1 N–H and O–H groups in total. The second-order valence-corrected chi connectivity index (χ2v) is 13.8. The zero-order valence-electron chi connectivity index (χ0n) is 22.3. The molecule has 3 heteroatoms. The molecule has 5 aliphatic carbocycles. The quantitative estimate of drug-likeness (QED) is 0.386.